The van der Waals surface area contributed by atoms with Crippen LogP contribution in [0.15, 0.2) is 6.20 Å². The largest absolute Gasteiger partial charge is 0.356 e. The standard InChI is InChI=1S/C13H22N4O.ClH/c1-10-11(9-16-17-10)4-3-7-15-13(18)12-5-2-6-14-8-12;/h9,12,14H,2-8H2,1H3,(H,15,18)(H,16,17);1H/t12-;/m1./s1. The van der Waals surface area contributed by atoms with Gasteiger partial charge in [0.1, 0.15) is 0 Å². The summed E-state index contributed by atoms with van der Waals surface area (Å²) in [7, 11) is 0. The quantitative estimate of drug-likeness (QED) is 0.712. The fourth-order valence-electron chi connectivity index (χ4n) is 2.34. The molecule has 2 heterocycles. The van der Waals surface area contributed by atoms with Crippen LogP contribution >= 0.6 is 12.4 Å². The first kappa shape index (κ1) is 16.0. The van der Waals surface area contributed by atoms with Crippen molar-refractivity contribution in [2.75, 3.05) is 19.6 Å². The van der Waals surface area contributed by atoms with Gasteiger partial charge in [0.25, 0.3) is 0 Å². The molecule has 1 aromatic heterocycles. The number of amides is 1. The average molecular weight is 287 g/mol. The van der Waals surface area contributed by atoms with E-state index in [9.17, 15) is 4.79 Å². The Kier molecular flexibility index (Phi) is 6.87. The van der Waals surface area contributed by atoms with Crippen LogP contribution in [0.2, 0.25) is 0 Å². The molecule has 2 rings (SSSR count). The van der Waals surface area contributed by atoms with E-state index in [1.807, 2.05) is 13.1 Å². The molecule has 1 saturated heterocycles. The van der Waals surface area contributed by atoms with Gasteiger partial charge in [-0.2, -0.15) is 5.10 Å². The Bertz CT molecular complexity index is 388. The second kappa shape index (κ2) is 8.17. The monoisotopic (exact) mass is 286 g/mol. The van der Waals surface area contributed by atoms with E-state index in [-0.39, 0.29) is 24.2 Å². The molecule has 0 bridgehead atoms. The molecule has 0 unspecified atom stereocenters. The van der Waals surface area contributed by atoms with Gasteiger partial charge < -0.3 is 10.6 Å². The SMILES string of the molecule is Cc1[nH]ncc1CCCNC(=O)[C@@H]1CCCNC1.Cl. The van der Waals surface area contributed by atoms with Gasteiger partial charge in [-0.15, -0.1) is 12.4 Å². The molecule has 1 aliphatic rings. The Morgan fingerprint density at radius 1 is 1.58 bits per heavy atom. The Hall–Kier alpha value is -1.07. The number of aryl methyl sites for hydroxylation is 2. The van der Waals surface area contributed by atoms with Gasteiger partial charge in [-0.25, -0.2) is 0 Å². The van der Waals surface area contributed by atoms with Gasteiger partial charge >= 0.3 is 0 Å². The number of halogens is 1. The number of piperidine rings is 1. The Labute approximate surface area is 120 Å². The first-order chi connectivity index (χ1) is 8.77. The molecular weight excluding hydrogens is 264 g/mol. The van der Waals surface area contributed by atoms with Crippen LogP contribution in [-0.2, 0) is 11.2 Å². The van der Waals surface area contributed by atoms with E-state index >= 15 is 0 Å². The van der Waals surface area contributed by atoms with Crippen LogP contribution in [0, 0.1) is 12.8 Å². The normalized spacial score (nSPS) is 18.7. The van der Waals surface area contributed by atoms with Crippen LogP contribution in [0.4, 0.5) is 0 Å². The zero-order valence-corrected chi connectivity index (χ0v) is 12.2. The number of nitrogens with one attached hydrogen (secondary N) is 3. The molecule has 108 valence electrons. The summed E-state index contributed by atoms with van der Waals surface area (Å²) >= 11 is 0. The minimum absolute atomic E-state index is 0. The summed E-state index contributed by atoms with van der Waals surface area (Å²) in [5, 5.41) is 13.2. The van der Waals surface area contributed by atoms with Crippen LogP contribution in [0.5, 0.6) is 0 Å². The highest BCUT2D eigenvalue weighted by Gasteiger charge is 2.19. The lowest BCUT2D eigenvalue weighted by Gasteiger charge is -2.21. The first-order valence-corrected chi connectivity index (χ1v) is 6.74. The fourth-order valence-corrected chi connectivity index (χ4v) is 2.34. The van der Waals surface area contributed by atoms with Crippen molar-refractivity contribution in [2.45, 2.75) is 32.6 Å². The maximum atomic E-state index is 11.9. The van der Waals surface area contributed by atoms with Crippen molar-refractivity contribution in [1.82, 2.24) is 20.8 Å². The minimum atomic E-state index is 0. The highest BCUT2D eigenvalue weighted by molar-refractivity contribution is 5.85. The molecular formula is C13H23ClN4O. The number of hydrogen-bond acceptors (Lipinski definition) is 3. The van der Waals surface area contributed by atoms with Gasteiger partial charge in [0.15, 0.2) is 0 Å². The van der Waals surface area contributed by atoms with Crippen molar-refractivity contribution >= 4 is 18.3 Å². The van der Waals surface area contributed by atoms with E-state index < -0.39 is 0 Å². The third-order valence-corrected chi connectivity index (χ3v) is 3.52. The van der Waals surface area contributed by atoms with Gasteiger partial charge in [-0.05, 0) is 44.7 Å². The Morgan fingerprint density at radius 3 is 3.05 bits per heavy atom. The number of rotatable bonds is 5. The van der Waals surface area contributed by atoms with Crippen LogP contribution in [0.3, 0.4) is 0 Å². The summed E-state index contributed by atoms with van der Waals surface area (Å²) in [4.78, 5) is 11.9. The van der Waals surface area contributed by atoms with Gasteiger partial charge in [-0.3, -0.25) is 9.89 Å². The molecule has 6 heteroatoms. The number of carbonyl (C=O) groups excluding carboxylic acids is 1. The summed E-state index contributed by atoms with van der Waals surface area (Å²) < 4.78 is 0. The lowest BCUT2D eigenvalue weighted by molar-refractivity contribution is -0.125. The smallest absolute Gasteiger partial charge is 0.224 e. The summed E-state index contributed by atoms with van der Waals surface area (Å²) in [6, 6.07) is 0. The maximum absolute atomic E-state index is 11.9. The lowest BCUT2D eigenvalue weighted by Crippen LogP contribution is -2.40. The van der Waals surface area contributed by atoms with Crippen molar-refractivity contribution in [2.24, 2.45) is 5.92 Å². The number of aromatic nitrogens is 2. The molecule has 3 N–H and O–H groups in total. The summed E-state index contributed by atoms with van der Waals surface area (Å²) in [6.45, 7) is 4.64. The summed E-state index contributed by atoms with van der Waals surface area (Å²) in [5.74, 6) is 0.362. The van der Waals surface area contributed by atoms with Gasteiger partial charge in [0.05, 0.1) is 12.1 Å². The molecule has 0 spiro atoms. The van der Waals surface area contributed by atoms with Gasteiger partial charge in [0.2, 0.25) is 5.91 Å². The lowest BCUT2D eigenvalue weighted by atomic mass is 9.99. The molecule has 1 amide bonds. The number of hydrogen-bond donors (Lipinski definition) is 3. The molecule has 0 aliphatic carbocycles. The molecule has 0 saturated carbocycles. The zero-order chi connectivity index (χ0) is 12.8. The number of aromatic amines is 1. The van der Waals surface area contributed by atoms with Gasteiger partial charge in [-0.1, -0.05) is 0 Å². The van der Waals surface area contributed by atoms with E-state index in [1.54, 1.807) is 0 Å². The minimum Gasteiger partial charge on any atom is -0.356 e. The van der Waals surface area contributed by atoms with Crippen LogP contribution < -0.4 is 10.6 Å². The number of nitrogens with zero attached hydrogens (tertiary/aromatic N) is 1. The zero-order valence-electron chi connectivity index (χ0n) is 11.4. The summed E-state index contributed by atoms with van der Waals surface area (Å²) in [5.41, 5.74) is 2.36. The van der Waals surface area contributed by atoms with Crippen molar-refractivity contribution in [3.63, 3.8) is 0 Å². The molecule has 1 atom stereocenters. The maximum Gasteiger partial charge on any atom is 0.224 e. The third kappa shape index (κ3) is 4.84. The average Bonchev–Trinajstić information content (AvgIpc) is 2.81. The van der Waals surface area contributed by atoms with Crippen molar-refractivity contribution in [1.29, 1.82) is 0 Å². The Balaban J connectivity index is 0.00000180. The molecule has 0 aromatic carbocycles. The second-order valence-electron chi connectivity index (χ2n) is 4.96. The highest BCUT2D eigenvalue weighted by Crippen LogP contribution is 2.10. The molecule has 0 radical (unpaired) electrons. The molecule has 5 nitrogen and oxygen atoms in total. The number of H-pyrrole nitrogens is 1. The van der Waals surface area contributed by atoms with Crippen molar-refractivity contribution < 1.29 is 4.79 Å². The van der Waals surface area contributed by atoms with E-state index in [4.69, 9.17) is 0 Å². The van der Waals surface area contributed by atoms with Crippen LogP contribution in [0.1, 0.15) is 30.5 Å². The molecule has 1 fully saturated rings. The van der Waals surface area contributed by atoms with Gasteiger partial charge in [0, 0.05) is 18.8 Å². The summed E-state index contributed by atoms with van der Waals surface area (Å²) in [6.07, 6.45) is 5.91. The predicted octanol–water partition coefficient (Wildman–Crippen LogP) is 1.19. The van der Waals surface area contributed by atoms with E-state index in [1.165, 1.54) is 5.56 Å². The first-order valence-electron chi connectivity index (χ1n) is 6.74. The van der Waals surface area contributed by atoms with Crippen molar-refractivity contribution in [3.05, 3.63) is 17.5 Å². The topological polar surface area (TPSA) is 69.8 Å². The Morgan fingerprint density at radius 2 is 2.42 bits per heavy atom. The molecule has 1 aromatic rings. The third-order valence-electron chi connectivity index (χ3n) is 3.52. The highest BCUT2D eigenvalue weighted by atomic mass is 35.5. The predicted molar refractivity (Wildman–Crippen MR) is 77.5 cm³/mol. The fraction of sp³-hybridized carbons (Fsp3) is 0.692. The van der Waals surface area contributed by atoms with Crippen LogP contribution in [-0.4, -0.2) is 35.7 Å². The second-order valence-corrected chi connectivity index (χ2v) is 4.96. The van der Waals surface area contributed by atoms with E-state index in [2.05, 4.69) is 20.8 Å². The molecule has 1 aliphatic heterocycles. The molecule has 19 heavy (non-hydrogen) atoms. The number of carbonyl (C=O) groups is 1. The van der Waals surface area contributed by atoms with E-state index in [0.29, 0.717) is 0 Å². The van der Waals surface area contributed by atoms with Crippen LogP contribution in [0.25, 0.3) is 0 Å². The van der Waals surface area contributed by atoms with E-state index in [0.717, 1.165) is 51.0 Å². The van der Waals surface area contributed by atoms with Crippen molar-refractivity contribution in [3.8, 4) is 0 Å².